The highest BCUT2D eigenvalue weighted by molar-refractivity contribution is 6.25. The molecule has 0 fully saturated rings. The van der Waals surface area contributed by atoms with Crippen LogP contribution in [0.3, 0.4) is 0 Å². The maximum Gasteiger partial charge on any atom is 0.257 e. The van der Waals surface area contributed by atoms with Gasteiger partial charge in [-0.15, -0.1) is 0 Å². The number of rotatable bonds is 18. The predicted octanol–water partition coefficient (Wildman–Crippen LogP) is 5.51. The summed E-state index contributed by atoms with van der Waals surface area (Å²) >= 11 is 5.99. The number of likely N-dealkylation sites (N-methyl/N-ethyl adjacent to an activating group) is 1. The van der Waals surface area contributed by atoms with E-state index < -0.39 is 5.91 Å². The van der Waals surface area contributed by atoms with Crippen LogP contribution in [0.1, 0.15) is 71.1 Å². The Morgan fingerprint density at radius 3 is 2.56 bits per heavy atom. The highest BCUT2D eigenvalue weighted by Gasteiger charge is 2.21. The Balaban J connectivity index is 2.42. The fourth-order valence-corrected chi connectivity index (χ4v) is 4.00. The summed E-state index contributed by atoms with van der Waals surface area (Å²) in [6, 6.07) is 0. The zero-order chi connectivity index (χ0) is 26.8. The third-order valence-electron chi connectivity index (χ3n) is 6.10. The fourth-order valence-electron chi connectivity index (χ4n) is 3.85. The maximum absolute atomic E-state index is 12.6. The number of imide groups is 1. The lowest BCUT2D eigenvalue weighted by Crippen LogP contribution is -2.31. The molecule has 0 spiro atoms. The second-order valence-corrected chi connectivity index (χ2v) is 9.22. The average Bonchev–Trinajstić information content (AvgIpc) is 3.31. The Morgan fingerprint density at radius 2 is 1.94 bits per heavy atom. The first kappa shape index (κ1) is 31.6. The lowest BCUT2D eigenvalue weighted by Gasteiger charge is -2.19. The van der Waals surface area contributed by atoms with Crippen LogP contribution in [0.25, 0.3) is 0 Å². The van der Waals surface area contributed by atoms with Crippen molar-refractivity contribution < 1.29 is 23.9 Å². The summed E-state index contributed by atoms with van der Waals surface area (Å²) in [5.74, 6) is -0.422. The maximum atomic E-state index is 12.6. The second-order valence-electron chi connectivity index (χ2n) is 9.00. The van der Waals surface area contributed by atoms with E-state index in [2.05, 4.69) is 13.0 Å². The van der Waals surface area contributed by atoms with Gasteiger partial charge in [-0.3, -0.25) is 19.3 Å². The fraction of sp³-hybridized carbons (Fsp3) is 0.607. The van der Waals surface area contributed by atoms with Gasteiger partial charge in [0.1, 0.15) is 5.76 Å². The SMILES string of the molecule is CCCCCCC[C@@H](C/C=C/CCC(=O)N(C)CC(=CCl)CC(=CC(=O)N1CC=CC1=O)OC)OC. The van der Waals surface area contributed by atoms with E-state index in [1.54, 1.807) is 25.1 Å². The zero-order valence-electron chi connectivity index (χ0n) is 22.3. The van der Waals surface area contributed by atoms with Gasteiger partial charge >= 0.3 is 0 Å². The molecule has 3 amide bonds. The molecule has 0 bridgehead atoms. The third-order valence-corrected chi connectivity index (χ3v) is 6.41. The first-order valence-corrected chi connectivity index (χ1v) is 13.3. The average molecular weight is 523 g/mol. The number of nitrogens with zero attached hydrogens (tertiary/aromatic N) is 2. The minimum Gasteiger partial charge on any atom is -0.501 e. The van der Waals surface area contributed by atoms with Gasteiger partial charge in [-0.1, -0.05) is 68.9 Å². The van der Waals surface area contributed by atoms with Crippen molar-refractivity contribution in [2.45, 2.75) is 77.2 Å². The van der Waals surface area contributed by atoms with Gasteiger partial charge in [0.25, 0.3) is 11.8 Å². The van der Waals surface area contributed by atoms with Crippen LogP contribution in [0, 0.1) is 0 Å². The van der Waals surface area contributed by atoms with Crippen molar-refractivity contribution >= 4 is 29.3 Å². The van der Waals surface area contributed by atoms with E-state index >= 15 is 0 Å². The summed E-state index contributed by atoms with van der Waals surface area (Å²) in [5.41, 5.74) is 2.12. The standard InChI is InChI=1S/C28H43ClN2O5/c1-5-6-7-8-10-14-24(35-3)15-11-9-12-16-26(32)30(2)22-23(21-29)19-25(36-4)20-28(34)31-18-13-17-27(31)33/h9,11,13,17,20-21,24H,5-8,10,12,14-16,18-19,22H2,1-4H3/b11-9+,23-21?,25-20?/t24-/m0/s1. The third kappa shape index (κ3) is 12.5. The van der Waals surface area contributed by atoms with Crippen molar-refractivity contribution in [1.82, 2.24) is 9.80 Å². The van der Waals surface area contributed by atoms with Crippen molar-refractivity contribution in [1.29, 1.82) is 0 Å². The van der Waals surface area contributed by atoms with Crippen molar-refractivity contribution in [2.75, 3.05) is 34.4 Å². The molecule has 0 aromatic rings. The molecule has 8 heteroatoms. The van der Waals surface area contributed by atoms with E-state index in [1.807, 2.05) is 6.08 Å². The first-order chi connectivity index (χ1) is 17.4. The van der Waals surface area contributed by atoms with Crippen LogP contribution in [0.4, 0.5) is 0 Å². The Bertz CT molecular complexity index is 819. The van der Waals surface area contributed by atoms with Crippen molar-refractivity contribution in [2.24, 2.45) is 0 Å². The first-order valence-electron chi connectivity index (χ1n) is 12.8. The molecule has 202 valence electrons. The Morgan fingerprint density at radius 1 is 1.19 bits per heavy atom. The number of methoxy groups -OCH3 is 2. The Kier molecular flexibility index (Phi) is 16.6. The van der Waals surface area contributed by atoms with E-state index in [0.717, 1.165) is 23.3 Å². The van der Waals surface area contributed by atoms with Crippen LogP contribution >= 0.6 is 11.6 Å². The van der Waals surface area contributed by atoms with Gasteiger partial charge in [0.05, 0.1) is 13.2 Å². The monoisotopic (exact) mass is 522 g/mol. The molecular formula is C28H43ClN2O5. The minimum absolute atomic E-state index is 0.00245. The van der Waals surface area contributed by atoms with Crippen molar-refractivity contribution in [3.8, 4) is 0 Å². The number of halogens is 1. The van der Waals surface area contributed by atoms with Crippen molar-refractivity contribution in [3.05, 3.63) is 47.2 Å². The van der Waals surface area contributed by atoms with Gasteiger partial charge in [-0.25, -0.2) is 0 Å². The normalized spacial score (nSPS) is 15.1. The number of carbonyl (C=O) groups excluding carboxylic acids is 3. The number of hydrogen-bond donors (Lipinski definition) is 0. The number of ether oxygens (including phenoxy) is 2. The Hall–Kier alpha value is -2.38. The van der Waals surface area contributed by atoms with Gasteiger partial charge in [-0.05, 0) is 24.8 Å². The highest BCUT2D eigenvalue weighted by Crippen LogP contribution is 2.16. The van der Waals surface area contributed by atoms with Gasteiger partial charge < -0.3 is 14.4 Å². The van der Waals surface area contributed by atoms with Gasteiger partial charge in [-0.2, -0.15) is 0 Å². The van der Waals surface area contributed by atoms with E-state index in [9.17, 15) is 14.4 Å². The van der Waals surface area contributed by atoms with Crippen LogP contribution in [0.5, 0.6) is 0 Å². The second kappa shape index (κ2) is 18.8. The molecule has 0 aromatic carbocycles. The molecular weight excluding hydrogens is 480 g/mol. The lowest BCUT2D eigenvalue weighted by molar-refractivity contribution is -0.137. The summed E-state index contributed by atoms with van der Waals surface area (Å²) in [6.45, 7) is 2.78. The summed E-state index contributed by atoms with van der Waals surface area (Å²) in [7, 11) is 4.94. The molecule has 1 rings (SSSR count). The molecule has 0 radical (unpaired) electrons. The highest BCUT2D eigenvalue weighted by atomic mass is 35.5. The number of allylic oxidation sites excluding steroid dienone is 2. The molecule has 1 atom stereocenters. The number of amides is 3. The summed E-state index contributed by atoms with van der Waals surface area (Å²) < 4.78 is 10.9. The van der Waals surface area contributed by atoms with Gasteiger partial charge in [0.2, 0.25) is 5.91 Å². The van der Waals surface area contributed by atoms with Crippen LogP contribution in [0.15, 0.2) is 47.2 Å². The number of unbranched alkanes of at least 4 members (excludes halogenated alkanes) is 4. The zero-order valence-corrected chi connectivity index (χ0v) is 23.1. The quantitative estimate of drug-likeness (QED) is 0.103. The summed E-state index contributed by atoms with van der Waals surface area (Å²) in [6.07, 6.45) is 18.2. The van der Waals surface area contributed by atoms with E-state index in [0.29, 0.717) is 25.1 Å². The molecule has 1 aliphatic rings. The number of hydrogen-bond acceptors (Lipinski definition) is 5. The van der Waals surface area contributed by atoms with E-state index in [4.69, 9.17) is 21.1 Å². The van der Waals surface area contributed by atoms with Gasteiger partial charge in [0.15, 0.2) is 0 Å². The van der Waals surface area contributed by atoms with Crippen LogP contribution in [-0.4, -0.2) is 68.0 Å². The van der Waals surface area contributed by atoms with E-state index in [1.165, 1.54) is 56.9 Å². The molecule has 0 N–H and O–H groups in total. The predicted molar refractivity (Wildman–Crippen MR) is 144 cm³/mol. The molecule has 0 aliphatic carbocycles. The molecule has 0 saturated heterocycles. The smallest absolute Gasteiger partial charge is 0.257 e. The topological polar surface area (TPSA) is 76.2 Å². The molecule has 36 heavy (non-hydrogen) atoms. The lowest BCUT2D eigenvalue weighted by atomic mass is 10.1. The molecule has 0 saturated carbocycles. The Labute approximate surface area is 221 Å². The van der Waals surface area contributed by atoms with Crippen molar-refractivity contribution in [3.63, 3.8) is 0 Å². The van der Waals surface area contributed by atoms with E-state index in [-0.39, 0.29) is 30.9 Å². The molecule has 7 nitrogen and oxygen atoms in total. The summed E-state index contributed by atoms with van der Waals surface area (Å²) in [4.78, 5) is 39.3. The molecule has 1 heterocycles. The molecule has 0 aromatic heterocycles. The summed E-state index contributed by atoms with van der Waals surface area (Å²) in [5, 5.41) is 0. The van der Waals surface area contributed by atoms with Crippen LogP contribution in [0.2, 0.25) is 0 Å². The van der Waals surface area contributed by atoms with Crippen LogP contribution < -0.4 is 0 Å². The number of carbonyl (C=O) groups is 3. The minimum atomic E-state index is -0.445. The van der Waals surface area contributed by atoms with Gasteiger partial charge in [0, 0.05) is 57.8 Å². The largest absolute Gasteiger partial charge is 0.501 e. The van der Waals surface area contributed by atoms with Crippen LogP contribution in [-0.2, 0) is 23.9 Å². The molecule has 1 aliphatic heterocycles. The molecule has 0 unspecified atom stereocenters.